The normalized spacial score (nSPS) is 11.0. The van der Waals surface area contributed by atoms with E-state index < -0.39 is 0 Å². The van der Waals surface area contributed by atoms with Crippen LogP contribution in [-0.2, 0) is 0 Å². The van der Waals surface area contributed by atoms with Crippen molar-refractivity contribution in [3.05, 3.63) is 36.4 Å². The van der Waals surface area contributed by atoms with Crippen molar-refractivity contribution in [2.75, 3.05) is 0 Å². The second-order valence-corrected chi connectivity index (χ2v) is 3.29. The molecule has 1 nitrogen and oxygen atoms in total. The fraction of sp³-hybridized carbons (Fsp3) is 0.250. The Morgan fingerprint density at radius 1 is 1.31 bits per heavy atom. The van der Waals surface area contributed by atoms with Crippen LogP contribution >= 0.6 is 0 Å². The average Bonchev–Trinajstić information content (AvgIpc) is 2.15. The Labute approximate surface area is 79.8 Å². The third-order valence-electron chi connectivity index (χ3n) is 1.67. The van der Waals surface area contributed by atoms with Gasteiger partial charge in [-0.3, -0.25) is 4.99 Å². The van der Waals surface area contributed by atoms with E-state index in [1.54, 1.807) is 0 Å². The SMILES string of the molecule is C=Cc1ccccc1N=CC(C)C. The van der Waals surface area contributed by atoms with E-state index in [-0.39, 0.29) is 0 Å². The molecule has 0 aromatic heterocycles. The van der Waals surface area contributed by atoms with Crippen molar-refractivity contribution in [2.45, 2.75) is 13.8 Å². The maximum absolute atomic E-state index is 4.38. The molecule has 0 aliphatic heterocycles. The molecule has 1 aromatic rings. The smallest absolute Gasteiger partial charge is 0.0697 e. The van der Waals surface area contributed by atoms with Crippen LogP contribution in [0, 0.1) is 5.92 Å². The van der Waals surface area contributed by atoms with Crippen LogP contribution in [0.25, 0.3) is 6.08 Å². The lowest BCUT2D eigenvalue weighted by molar-refractivity contribution is 0.907. The van der Waals surface area contributed by atoms with Gasteiger partial charge in [-0.25, -0.2) is 0 Å². The van der Waals surface area contributed by atoms with Gasteiger partial charge in [0.25, 0.3) is 0 Å². The molecule has 0 fully saturated rings. The summed E-state index contributed by atoms with van der Waals surface area (Å²) in [6, 6.07) is 7.99. The van der Waals surface area contributed by atoms with E-state index >= 15 is 0 Å². The highest BCUT2D eigenvalue weighted by atomic mass is 14.7. The Bertz CT molecular complexity index is 311. The zero-order valence-corrected chi connectivity index (χ0v) is 8.20. The van der Waals surface area contributed by atoms with E-state index in [2.05, 4.69) is 25.4 Å². The van der Waals surface area contributed by atoms with Gasteiger partial charge in [0.1, 0.15) is 0 Å². The summed E-state index contributed by atoms with van der Waals surface area (Å²) in [6.45, 7) is 7.97. The zero-order valence-electron chi connectivity index (χ0n) is 8.20. The Balaban J connectivity index is 2.93. The van der Waals surface area contributed by atoms with Crippen LogP contribution in [-0.4, -0.2) is 6.21 Å². The molecule has 0 spiro atoms. The Kier molecular flexibility index (Phi) is 3.44. The maximum atomic E-state index is 4.38. The largest absolute Gasteiger partial charge is 0.260 e. The molecule has 0 bridgehead atoms. The Hall–Kier alpha value is -1.37. The van der Waals surface area contributed by atoms with Gasteiger partial charge in [0, 0.05) is 6.21 Å². The van der Waals surface area contributed by atoms with Gasteiger partial charge in [-0.15, -0.1) is 0 Å². The molecular weight excluding hydrogens is 158 g/mol. The van der Waals surface area contributed by atoms with Crippen LogP contribution < -0.4 is 0 Å². The van der Waals surface area contributed by atoms with Crippen molar-refractivity contribution in [1.82, 2.24) is 0 Å². The molecule has 0 aliphatic carbocycles. The first-order chi connectivity index (χ1) is 6.24. The van der Waals surface area contributed by atoms with E-state index in [9.17, 15) is 0 Å². The minimum atomic E-state index is 0.484. The summed E-state index contributed by atoms with van der Waals surface area (Å²) in [7, 11) is 0. The lowest BCUT2D eigenvalue weighted by atomic mass is 10.2. The van der Waals surface area contributed by atoms with Crippen molar-refractivity contribution in [2.24, 2.45) is 10.9 Å². The highest BCUT2D eigenvalue weighted by Gasteiger charge is 1.94. The van der Waals surface area contributed by atoms with Crippen LogP contribution in [0.15, 0.2) is 35.8 Å². The first-order valence-electron chi connectivity index (χ1n) is 4.49. The summed E-state index contributed by atoms with van der Waals surface area (Å²) in [4.78, 5) is 4.38. The number of nitrogens with zero attached hydrogens (tertiary/aromatic N) is 1. The minimum Gasteiger partial charge on any atom is -0.260 e. The summed E-state index contributed by atoms with van der Waals surface area (Å²) >= 11 is 0. The van der Waals surface area contributed by atoms with E-state index in [0.717, 1.165) is 11.3 Å². The van der Waals surface area contributed by atoms with E-state index in [1.807, 2.05) is 36.6 Å². The second-order valence-electron chi connectivity index (χ2n) is 3.29. The highest BCUT2D eigenvalue weighted by molar-refractivity contribution is 5.70. The Morgan fingerprint density at radius 3 is 2.62 bits per heavy atom. The number of para-hydroxylation sites is 1. The zero-order chi connectivity index (χ0) is 9.68. The standard InChI is InChI=1S/C12H15N/c1-4-11-7-5-6-8-12(11)13-9-10(2)3/h4-10H,1H2,2-3H3. The molecule has 0 saturated heterocycles. The van der Waals surface area contributed by atoms with Crippen LogP contribution in [0.4, 0.5) is 5.69 Å². The predicted molar refractivity (Wildman–Crippen MR) is 59.5 cm³/mol. The molecule has 0 atom stereocenters. The number of rotatable bonds is 3. The molecule has 0 aliphatic rings. The maximum Gasteiger partial charge on any atom is 0.0697 e. The Morgan fingerprint density at radius 2 is 2.00 bits per heavy atom. The summed E-state index contributed by atoms with van der Waals surface area (Å²) in [5.74, 6) is 0.484. The quantitative estimate of drug-likeness (QED) is 0.618. The average molecular weight is 173 g/mol. The van der Waals surface area contributed by atoms with Gasteiger partial charge in [-0.05, 0) is 17.5 Å². The van der Waals surface area contributed by atoms with E-state index in [0.29, 0.717) is 5.92 Å². The molecule has 0 saturated carbocycles. The highest BCUT2D eigenvalue weighted by Crippen LogP contribution is 2.19. The van der Waals surface area contributed by atoms with Crippen LogP contribution in [0.1, 0.15) is 19.4 Å². The summed E-state index contributed by atoms with van der Waals surface area (Å²) < 4.78 is 0. The lowest BCUT2D eigenvalue weighted by Crippen LogP contribution is -1.86. The fourth-order valence-corrected chi connectivity index (χ4v) is 1.01. The molecule has 1 heteroatoms. The number of hydrogen-bond acceptors (Lipinski definition) is 1. The van der Waals surface area contributed by atoms with Crippen molar-refractivity contribution in [3.8, 4) is 0 Å². The monoisotopic (exact) mass is 173 g/mol. The molecule has 0 radical (unpaired) electrons. The van der Waals surface area contributed by atoms with Gasteiger partial charge >= 0.3 is 0 Å². The van der Waals surface area contributed by atoms with Crippen molar-refractivity contribution >= 4 is 18.0 Å². The van der Waals surface area contributed by atoms with E-state index in [4.69, 9.17) is 0 Å². The molecule has 0 unspecified atom stereocenters. The van der Waals surface area contributed by atoms with E-state index in [1.165, 1.54) is 0 Å². The van der Waals surface area contributed by atoms with Crippen LogP contribution in [0.2, 0.25) is 0 Å². The third kappa shape index (κ3) is 2.86. The van der Waals surface area contributed by atoms with Gasteiger partial charge in [0.2, 0.25) is 0 Å². The number of benzene rings is 1. The molecule has 0 amide bonds. The second kappa shape index (κ2) is 4.61. The van der Waals surface area contributed by atoms with Gasteiger partial charge < -0.3 is 0 Å². The van der Waals surface area contributed by atoms with Gasteiger partial charge in [0.15, 0.2) is 0 Å². The molecule has 0 N–H and O–H groups in total. The van der Waals surface area contributed by atoms with Gasteiger partial charge in [-0.1, -0.05) is 44.7 Å². The van der Waals surface area contributed by atoms with Crippen molar-refractivity contribution in [1.29, 1.82) is 0 Å². The molecule has 0 heterocycles. The molecular formula is C12H15N. The van der Waals surface area contributed by atoms with Gasteiger partial charge in [-0.2, -0.15) is 0 Å². The molecule has 1 aromatic carbocycles. The van der Waals surface area contributed by atoms with Crippen molar-refractivity contribution in [3.63, 3.8) is 0 Å². The summed E-state index contributed by atoms with van der Waals surface area (Å²) in [5, 5.41) is 0. The number of hydrogen-bond donors (Lipinski definition) is 0. The summed E-state index contributed by atoms with van der Waals surface area (Å²) in [5.41, 5.74) is 2.07. The van der Waals surface area contributed by atoms with Crippen LogP contribution in [0.3, 0.4) is 0 Å². The van der Waals surface area contributed by atoms with Crippen LogP contribution in [0.5, 0.6) is 0 Å². The van der Waals surface area contributed by atoms with Crippen molar-refractivity contribution < 1.29 is 0 Å². The number of aliphatic imine (C=N–C) groups is 1. The first kappa shape index (κ1) is 9.72. The minimum absolute atomic E-state index is 0.484. The third-order valence-corrected chi connectivity index (χ3v) is 1.67. The summed E-state index contributed by atoms with van der Waals surface area (Å²) in [6.07, 6.45) is 3.77. The first-order valence-corrected chi connectivity index (χ1v) is 4.49. The topological polar surface area (TPSA) is 12.4 Å². The van der Waals surface area contributed by atoms with Gasteiger partial charge in [0.05, 0.1) is 5.69 Å². The predicted octanol–water partition coefficient (Wildman–Crippen LogP) is 3.69. The molecule has 1 rings (SSSR count). The fourth-order valence-electron chi connectivity index (χ4n) is 1.01. The molecule has 68 valence electrons. The lowest BCUT2D eigenvalue weighted by Gasteiger charge is -1.99. The molecule has 13 heavy (non-hydrogen) atoms.